The van der Waals surface area contributed by atoms with Gasteiger partial charge in [-0.15, -0.1) is 0 Å². The van der Waals surface area contributed by atoms with Gasteiger partial charge < -0.3 is 20.9 Å². The van der Waals surface area contributed by atoms with Gasteiger partial charge in [-0.25, -0.2) is 0 Å². The van der Waals surface area contributed by atoms with Crippen molar-refractivity contribution in [1.82, 2.24) is 20.9 Å². The summed E-state index contributed by atoms with van der Waals surface area (Å²) in [5.74, 6) is 0.653. The predicted octanol–water partition coefficient (Wildman–Crippen LogP) is 1.51. The molecule has 1 aromatic rings. The number of carbonyl (C=O) groups is 2. The van der Waals surface area contributed by atoms with E-state index < -0.39 is 0 Å². The van der Waals surface area contributed by atoms with E-state index >= 15 is 0 Å². The molecule has 1 heterocycles. The van der Waals surface area contributed by atoms with Crippen molar-refractivity contribution < 1.29 is 9.59 Å². The third-order valence-electron chi connectivity index (χ3n) is 5.68. The minimum Gasteiger partial charge on any atom is -0.351 e. The molecule has 0 bridgehead atoms. The highest BCUT2D eigenvalue weighted by Gasteiger charge is 2.37. The second-order valence-corrected chi connectivity index (χ2v) is 8.08. The lowest BCUT2D eigenvalue weighted by Crippen LogP contribution is -2.42. The zero-order valence-corrected chi connectivity index (χ0v) is 16.5. The fraction of sp³-hybridized carbons (Fsp3) is 0.619. The molecule has 3 N–H and O–H groups in total. The molecule has 1 aromatic carbocycles. The van der Waals surface area contributed by atoms with Crippen molar-refractivity contribution >= 4 is 11.8 Å². The topological polar surface area (TPSA) is 73.5 Å². The van der Waals surface area contributed by atoms with E-state index in [9.17, 15) is 9.59 Å². The van der Waals surface area contributed by atoms with Crippen LogP contribution in [0.15, 0.2) is 24.3 Å². The van der Waals surface area contributed by atoms with Crippen LogP contribution in [0.4, 0.5) is 0 Å². The van der Waals surface area contributed by atoms with Gasteiger partial charge in [0.1, 0.15) is 0 Å². The number of nitrogens with one attached hydrogen (secondary N) is 3. The molecule has 2 amide bonds. The zero-order valence-electron chi connectivity index (χ0n) is 16.5. The number of hydrogen-bond acceptors (Lipinski definition) is 4. The average Bonchev–Trinajstić information content (AvgIpc) is 3.10. The van der Waals surface area contributed by atoms with Crippen molar-refractivity contribution in [3.8, 4) is 0 Å². The van der Waals surface area contributed by atoms with Crippen molar-refractivity contribution in [2.24, 2.45) is 5.92 Å². The van der Waals surface area contributed by atoms with Crippen LogP contribution in [-0.4, -0.2) is 56.0 Å². The molecule has 2 fully saturated rings. The fourth-order valence-corrected chi connectivity index (χ4v) is 4.15. The summed E-state index contributed by atoms with van der Waals surface area (Å²) in [6.07, 6.45) is 5.95. The predicted molar refractivity (Wildman–Crippen MR) is 106 cm³/mol. The third-order valence-corrected chi connectivity index (χ3v) is 5.68. The smallest absolute Gasteiger partial charge is 0.251 e. The highest BCUT2D eigenvalue weighted by molar-refractivity contribution is 5.94. The Morgan fingerprint density at radius 1 is 1.19 bits per heavy atom. The zero-order chi connectivity index (χ0) is 19.2. The molecule has 3 unspecified atom stereocenters. The molecule has 148 valence electrons. The first-order valence-corrected chi connectivity index (χ1v) is 10.1. The maximum absolute atomic E-state index is 12.5. The second kappa shape index (κ2) is 9.33. The van der Waals surface area contributed by atoms with Gasteiger partial charge in [-0.3, -0.25) is 9.59 Å². The highest BCUT2D eigenvalue weighted by atomic mass is 16.2. The largest absolute Gasteiger partial charge is 0.351 e. The lowest BCUT2D eigenvalue weighted by Gasteiger charge is -2.24. The quantitative estimate of drug-likeness (QED) is 0.678. The molecule has 1 aliphatic carbocycles. The molecule has 1 saturated carbocycles. The van der Waals surface area contributed by atoms with Gasteiger partial charge in [-0.2, -0.15) is 0 Å². The Morgan fingerprint density at radius 3 is 2.78 bits per heavy atom. The normalized spacial score (nSPS) is 24.5. The van der Waals surface area contributed by atoms with Crippen LogP contribution in [0.2, 0.25) is 0 Å². The number of hydrogen-bond donors (Lipinski definition) is 3. The summed E-state index contributed by atoms with van der Waals surface area (Å²) in [7, 11) is 3.95. The third kappa shape index (κ3) is 5.53. The number of carbonyl (C=O) groups excluding carboxylic acids is 2. The number of benzene rings is 1. The summed E-state index contributed by atoms with van der Waals surface area (Å²) in [4.78, 5) is 26.8. The van der Waals surface area contributed by atoms with Crippen molar-refractivity contribution in [1.29, 1.82) is 0 Å². The first kappa shape index (κ1) is 19.8. The summed E-state index contributed by atoms with van der Waals surface area (Å²) in [5, 5.41) is 9.46. The number of amides is 2. The molecule has 0 aromatic heterocycles. The highest BCUT2D eigenvalue weighted by Crippen LogP contribution is 2.33. The second-order valence-electron chi connectivity index (χ2n) is 8.08. The van der Waals surface area contributed by atoms with E-state index in [2.05, 4.69) is 16.0 Å². The van der Waals surface area contributed by atoms with Crippen LogP contribution in [-0.2, 0) is 11.3 Å². The van der Waals surface area contributed by atoms with Crippen LogP contribution in [0.5, 0.6) is 0 Å². The van der Waals surface area contributed by atoms with Crippen molar-refractivity contribution in [3.63, 3.8) is 0 Å². The van der Waals surface area contributed by atoms with Gasteiger partial charge in [0.2, 0.25) is 5.91 Å². The minimum atomic E-state index is -0.0773. The molecule has 1 saturated heterocycles. The van der Waals surface area contributed by atoms with Crippen LogP contribution < -0.4 is 16.0 Å². The summed E-state index contributed by atoms with van der Waals surface area (Å²) in [6, 6.07) is 7.91. The van der Waals surface area contributed by atoms with E-state index in [0.717, 1.165) is 18.5 Å². The van der Waals surface area contributed by atoms with E-state index in [1.807, 2.05) is 37.2 Å². The molecule has 2 aliphatic rings. The summed E-state index contributed by atoms with van der Waals surface area (Å²) in [6.45, 7) is 1.87. The molecule has 3 rings (SSSR count). The van der Waals surface area contributed by atoms with Crippen LogP contribution in [0.1, 0.15) is 48.0 Å². The van der Waals surface area contributed by atoms with E-state index in [4.69, 9.17) is 0 Å². The molecule has 6 heteroatoms. The minimum absolute atomic E-state index is 0.0735. The standard InChI is InChI=1S/C21H32N4O2/c1-25(2)11-10-22-20(26)17-8-5-6-15(12-17)14-23-21(27)19-13-16-7-3-4-9-18(16)24-19/h5-6,8,12,16,18-19,24H,3-4,7,9-11,13-14H2,1-2H3,(H,22,26)(H,23,27). The van der Waals surface area contributed by atoms with Gasteiger partial charge in [0.25, 0.3) is 5.91 Å². The summed E-state index contributed by atoms with van der Waals surface area (Å²) < 4.78 is 0. The first-order chi connectivity index (χ1) is 13.0. The van der Waals surface area contributed by atoms with Crippen LogP contribution in [0, 0.1) is 5.92 Å². The van der Waals surface area contributed by atoms with Gasteiger partial charge >= 0.3 is 0 Å². The van der Waals surface area contributed by atoms with Gasteiger partial charge in [-0.1, -0.05) is 25.0 Å². The van der Waals surface area contributed by atoms with Gasteiger partial charge in [-0.05, 0) is 57.0 Å². The lowest BCUT2D eigenvalue weighted by molar-refractivity contribution is -0.123. The van der Waals surface area contributed by atoms with E-state index in [-0.39, 0.29) is 17.9 Å². The summed E-state index contributed by atoms with van der Waals surface area (Å²) in [5.41, 5.74) is 1.57. The molecular formula is C21H32N4O2. The summed E-state index contributed by atoms with van der Waals surface area (Å²) >= 11 is 0. The number of fused-ring (bicyclic) bond motifs is 1. The van der Waals surface area contributed by atoms with Gasteiger partial charge in [0, 0.05) is 31.2 Å². The molecule has 3 atom stereocenters. The molecule has 0 spiro atoms. The Morgan fingerprint density at radius 2 is 2.00 bits per heavy atom. The maximum atomic E-state index is 12.5. The number of likely N-dealkylation sites (N-methyl/N-ethyl adjacent to an activating group) is 1. The van der Waals surface area contributed by atoms with Crippen molar-refractivity contribution in [2.45, 2.75) is 50.7 Å². The van der Waals surface area contributed by atoms with Crippen molar-refractivity contribution in [3.05, 3.63) is 35.4 Å². The average molecular weight is 373 g/mol. The molecule has 27 heavy (non-hydrogen) atoms. The van der Waals surface area contributed by atoms with E-state index in [0.29, 0.717) is 30.6 Å². The van der Waals surface area contributed by atoms with Gasteiger partial charge in [0.05, 0.1) is 6.04 Å². The van der Waals surface area contributed by atoms with E-state index in [1.165, 1.54) is 25.7 Å². The SMILES string of the molecule is CN(C)CCNC(=O)c1cccc(CNC(=O)C2CC3CCCCC3N2)c1. The molecule has 0 radical (unpaired) electrons. The Balaban J connectivity index is 1.48. The monoisotopic (exact) mass is 372 g/mol. The maximum Gasteiger partial charge on any atom is 0.251 e. The van der Waals surface area contributed by atoms with Crippen LogP contribution in [0.25, 0.3) is 0 Å². The molecular weight excluding hydrogens is 340 g/mol. The van der Waals surface area contributed by atoms with Crippen LogP contribution >= 0.6 is 0 Å². The molecule has 6 nitrogen and oxygen atoms in total. The van der Waals surface area contributed by atoms with E-state index in [1.54, 1.807) is 6.07 Å². The van der Waals surface area contributed by atoms with Gasteiger partial charge in [0.15, 0.2) is 0 Å². The first-order valence-electron chi connectivity index (χ1n) is 10.1. The number of rotatable bonds is 7. The fourth-order valence-electron chi connectivity index (χ4n) is 4.15. The molecule has 1 aliphatic heterocycles. The lowest BCUT2D eigenvalue weighted by atomic mass is 9.85. The van der Waals surface area contributed by atoms with Crippen molar-refractivity contribution in [2.75, 3.05) is 27.2 Å². The van der Waals surface area contributed by atoms with Crippen LogP contribution in [0.3, 0.4) is 0 Å². The number of nitrogens with zero attached hydrogens (tertiary/aromatic N) is 1. The Bertz CT molecular complexity index is 647. The Kier molecular flexibility index (Phi) is 6.85. The Labute approximate surface area is 162 Å². The Hall–Kier alpha value is -1.92.